The van der Waals surface area contributed by atoms with Gasteiger partial charge in [0, 0.05) is 31.3 Å². The maximum absolute atomic E-state index is 9.87. The average molecular weight is 603 g/mol. The molecule has 6 nitrogen and oxygen atoms in total. The average Bonchev–Trinajstić information content (AvgIpc) is 3.52. The van der Waals surface area contributed by atoms with Crippen LogP contribution in [-0.2, 0) is 9.53 Å². The van der Waals surface area contributed by atoms with E-state index in [4.69, 9.17) is 9.84 Å². The van der Waals surface area contributed by atoms with E-state index in [0.29, 0.717) is 31.0 Å². The summed E-state index contributed by atoms with van der Waals surface area (Å²) in [4.78, 5) is 9.87. The fourth-order valence-corrected chi connectivity index (χ4v) is 3.49. The minimum atomic E-state index is -0.330. The first-order valence-electron chi connectivity index (χ1n) is 9.93. The minimum Gasteiger partial charge on any atom is -0.539 e. The summed E-state index contributed by atoms with van der Waals surface area (Å²) >= 11 is 0. The van der Waals surface area contributed by atoms with E-state index in [2.05, 4.69) is 35.7 Å². The molecule has 2 heterocycles. The van der Waals surface area contributed by atoms with Crippen molar-refractivity contribution in [3.8, 4) is 0 Å². The molecule has 0 spiro atoms. The van der Waals surface area contributed by atoms with E-state index in [1.54, 1.807) is 6.29 Å². The van der Waals surface area contributed by atoms with Crippen LogP contribution in [0.4, 0.5) is 0 Å². The molecule has 4 aliphatic rings. The van der Waals surface area contributed by atoms with Gasteiger partial charge >= 0.3 is 31.1 Å². The summed E-state index contributed by atoms with van der Waals surface area (Å²) < 4.78 is 4.94. The summed E-state index contributed by atoms with van der Waals surface area (Å²) in [7, 11) is 0. The molecule has 0 aromatic heterocycles. The molecule has 0 aromatic carbocycles. The monoisotopic (exact) mass is 602 g/mol. The number of aliphatic hydroxyl groups excluding tert-OH is 1. The van der Waals surface area contributed by atoms with Crippen LogP contribution in [0.15, 0.2) is 5.10 Å². The Balaban J connectivity index is 0.000000254. The smallest absolute Gasteiger partial charge is 0.539 e. The number of fused-ring (bicyclic) bond motifs is 1. The van der Waals surface area contributed by atoms with Crippen LogP contribution in [-0.4, -0.2) is 67.1 Å². The van der Waals surface area contributed by atoms with Gasteiger partial charge in [0.05, 0.1) is 12.6 Å². The summed E-state index contributed by atoms with van der Waals surface area (Å²) in [6, 6.07) is 0.563. The zero-order chi connectivity index (χ0) is 18.8. The first-order valence-corrected chi connectivity index (χ1v) is 9.93. The van der Waals surface area contributed by atoms with Crippen molar-refractivity contribution in [2.45, 2.75) is 57.6 Å². The van der Waals surface area contributed by atoms with Crippen molar-refractivity contribution in [1.82, 2.24) is 10.3 Å². The minimum absolute atomic E-state index is 0. The second-order valence-electron chi connectivity index (χ2n) is 7.38. The SMILES string of the molecule is O=[C-]C1CNCCO1.[CH-]1CC1.[CH2-]C1CCC2C(C)=NN(CCCO)C2C1.[U+3]. The standard InChI is InChI=1S/C12H21N2O.C5H8NO2.C3H5.U/c1-9-4-5-11-10(2)13-14(6-3-7-15)12(11)8-9;7-4-5-3-6-1-2-8-5;1-2-3-1;/h9,11-12,15H,1,3-8H2,2H3;5-6H,1-3H2;1H,2-3H2;/q3*-1;+3. The molecular weight excluding hydrogens is 568 g/mol. The number of rotatable bonds is 4. The van der Waals surface area contributed by atoms with Crippen LogP contribution in [0.3, 0.4) is 0 Å². The third-order valence-electron chi connectivity index (χ3n) is 5.02. The number of aliphatic hydroxyl groups is 1. The largest absolute Gasteiger partial charge is 3.00 e. The van der Waals surface area contributed by atoms with Gasteiger partial charge in [-0.1, -0.05) is 12.8 Å². The zero-order valence-corrected chi connectivity index (χ0v) is 20.7. The van der Waals surface area contributed by atoms with Crippen molar-refractivity contribution < 1.29 is 45.8 Å². The Bertz CT molecular complexity index is 439. The number of ether oxygens (including phenoxy) is 1. The Hall–Kier alpha value is 0.0719. The summed E-state index contributed by atoms with van der Waals surface area (Å²) in [6.07, 6.45) is 10.9. The van der Waals surface area contributed by atoms with Crippen molar-refractivity contribution in [3.05, 3.63) is 13.3 Å². The van der Waals surface area contributed by atoms with Crippen molar-refractivity contribution in [2.24, 2.45) is 16.9 Å². The van der Waals surface area contributed by atoms with Crippen LogP contribution in [0.1, 0.15) is 45.4 Å². The molecular formula is C20H34N3O3U. The number of morpholine rings is 1. The second kappa shape index (κ2) is 14.1. The number of hydrogen-bond donors (Lipinski definition) is 2. The summed E-state index contributed by atoms with van der Waals surface area (Å²) in [5.74, 6) is 1.24. The third kappa shape index (κ3) is 9.41. The topological polar surface area (TPSA) is 74.2 Å². The van der Waals surface area contributed by atoms with Crippen LogP contribution in [0, 0.1) is 56.3 Å². The molecule has 4 rings (SSSR count). The molecule has 27 heavy (non-hydrogen) atoms. The first kappa shape index (κ1) is 25.1. The Labute approximate surface area is 188 Å². The van der Waals surface area contributed by atoms with Crippen molar-refractivity contribution in [3.63, 3.8) is 0 Å². The molecule has 3 fully saturated rings. The van der Waals surface area contributed by atoms with Gasteiger partial charge in [0.25, 0.3) is 0 Å². The van der Waals surface area contributed by atoms with E-state index < -0.39 is 0 Å². The number of hydrazone groups is 1. The van der Waals surface area contributed by atoms with E-state index in [1.165, 1.54) is 31.4 Å². The van der Waals surface area contributed by atoms with Crippen LogP contribution in [0.5, 0.6) is 0 Å². The predicted octanol–water partition coefficient (Wildman–Crippen LogP) is 1.75. The number of nitrogens with zero attached hydrogens (tertiary/aromatic N) is 2. The van der Waals surface area contributed by atoms with Crippen molar-refractivity contribution in [1.29, 1.82) is 0 Å². The molecule has 0 amide bonds. The normalized spacial score (nSPS) is 31.1. The Morgan fingerprint density at radius 2 is 2.19 bits per heavy atom. The van der Waals surface area contributed by atoms with E-state index in [9.17, 15) is 4.79 Å². The van der Waals surface area contributed by atoms with E-state index in [1.807, 2.05) is 0 Å². The molecule has 0 bridgehead atoms. The Morgan fingerprint density at radius 3 is 2.70 bits per heavy atom. The van der Waals surface area contributed by atoms with Crippen LogP contribution >= 0.6 is 0 Å². The van der Waals surface area contributed by atoms with Crippen LogP contribution in [0.25, 0.3) is 0 Å². The number of nitrogens with one attached hydrogen (secondary N) is 1. The van der Waals surface area contributed by atoms with Crippen LogP contribution in [0.2, 0.25) is 0 Å². The maximum Gasteiger partial charge on any atom is 3.00 e. The molecule has 4 atom stereocenters. The molecule has 1 saturated heterocycles. The molecule has 151 valence electrons. The van der Waals surface area contributed by atoms with Gasteiger partial charge in [-0.2, -0.15) is 11.0 Å². The van der Waals surface area contributed by atoms with Crippen molar-refractivity contribution in [2.75, 3.05) is 32.8 Å². The van der Waals surface area contributed by atoms with E-state index in [-0.39, 0.29) is 43.8 Å². The summed E-state index contributed by atoms with van der Waals surface area (Å²) in [6.45, 7) is 9.55. The quantitative estimate of drug-likeness (QED) is 0.480. The Morgan fingerprint density at radius 1 is 1.44 bits per heavy atom. The van der Waals surface area contributed by atoms with Gasteiger partial charge in [-0.15, -0.1) is 0 Å². The summed E-state index contributed by atoms with van der Waals surface area (Å²) in [5, 5.41) is 18.7. The maximum atomic E-state index is 9.87. The first-order chi connectivity index (χ1) is 12.7. The molecule has 1 radical (unpaired) electrons. The molecule has 2 saturated carbocycles. The summed E-state index contributed by atoms with van der Waals surface area (Å²) in [5.41, 5.74) is 1.28. The molecule has 2 aliphatic carbocycles. The fraction of sp³-hybridized carbons (Fsp3) is 0.800. The van der Waals surface area contributed by atoms with Gasteiger partial charge in [-0.05, 0) is 32.4 Å². The van der Waals surface area contributed by atoms with E-state index in [0.717, 1.165) is 25.9 Å². The number of hydrogen-bond acceptors (Lipinski definition) is 6. The number of carbonyl (C=O) groups excluding carboxylic acids is 1. The van der Waals surface area contributed by atoms with Gasteiger partial charge in [0.15, 0.2) is 0 Å². The Kier molecular flexibility index (Phi) is 13.1. The predicted molar refractivity (Wildman–Crippen MR) is 103 cm³/mol. The molecule has 0 aromatic rings. The molecule has 2 aliphatic heterocycles. The van der Waals surface area contributed by atoms with Crippen molar-refractivity contribution >= 4 is 12.0 Å². The van der Waals surface area contributed by atoms with Gasteiger partial charge in [-0.3, -0.25) is 5.01 Å². The van der Waals surface area contributed by atoms with Crippen LogP contribution < -0.4 is 5.32 Å². The molecule has 7 heteroatoms. The zero-order valence-electron chi connectivity index (χ0n) is 16.5. The molecule has 4 unspecified atom stereocenters. The fourth-order valence-electron chi connectivity index (χ4n) is 3.49. The van der Waals surface area contributed by atoms with E-state index >= 15 is 0 Å². The second-order valence-corrected chi connectivity index (χ2v) is 7.38. The third-order valence-corrected chi connectivity index (χ3v) is 5.02. The van der Waals surface area contributed by atoms with Gasteiger partial charge in [0.2, 0.25) is 0 Å². The molecule has 2 N–H and O–H groups in total. The van der Waals surface area contributed by atoms with Gasteiger partial charge in [0.1, 0.15) is 0 Å². The van der Waals surface area contributed by atoms with Gasteiger partial charge in [-0.25, -0.2) is 19.1 Å². The van der Waals surface area contributed by atoms with Gasteiger partial charge < -0.3 is 33.3 Å².